The van der Waals surface area contributed by atoms with Gasteiger partial charge in [-0.15, -0.1) is 0 Å². The van der Waals surface area contributed by atoms with Crippen LogP contribution in [0.25, 0.3) is 17.2 Å². The fourth-order valence-corrected chi connectivity index (χ4v) is 3.61. The maximum absolute atomic E-state index is 12.3. The Morgan fingerprint density at radius 1 is 0.880 bits per heavy atom. The number of carbonyl (C=O) groups excluding carboxylic acids is 2. The fraction of sp³-hybridized carbons (Fsp3) is 0.0476. The lowest BCUT2D eigenvalue weighted by molar-refractivity contribution is 0.0672. The number of hydrogen-bond acceptors (Lipinski definition) is 3. The van der Waals surface area contributed by atoms with Crippen LogP contribution < -0.4 is 0 Å². The second kappa shape index (κ2) is 6.49. The highest BCUT2D eigenvalue weighted by atomic mass is 32.1. The highest BCUT2D eigenvalue weighted by Gasteiger charge is 2.33. The summed E-state index contributed by atoms with van der Waals surface area (Å²) < 4.78 is 0. The third kappa shape index (κ3) is 2.92. The minimum atomic E-state index is -0.225. The van der Waals surface area contributed by atoms with Crippen LogP contribution in [0.3, 0.4) is 0 Å². The van der Waals surface area contributed by atoms with Crippen LogP contribution in [0.15, 0.2) is 71.4 Å². The van der Waals surface area contributed by atoms with Gasteiger partial charge in [0.25, 0.3) is 11.8 Å². The SMILES string of the molecule is O=C1c2ccccc2C(=O)N1C/C=C/c1cccc(-c2ccsc2)c1. The van der Waals surface area contributed by atoms with Crippen LogP contribution in [0.2, 0.25) is 0 Å². The van der Waals surface area contributed by atoms with E-state index in [4.69, 9.17) is 0 Å². The normalized spacial score (nSPS) is 13.7. The second-order valence-corrected chi connectivity index (χ2v) is 6.59. The Labute approximate surface area is 149 Å². The molecule has 3 nitrogen and oxygen atoms in total. The minimum absolute atomic E-state index is 0.225. The molecule has 25 heavy (non-hydrogen) atoms. The molecule has 2 aromatic carbocycles. The molecule has 0 fully saturated rings. The molecular weight excluding hydrogens is 330 g/mol. The molecule has 0 unspecified atom stereocenters. The fourth-order valence-electron chi connectivity index (χ4n) is 2.95. The first-order chi connectivity index (χ1) is 12.2. The van der Waals surface area contributed by atoms with Crippen LogP contribution in [0, 0.1) is 0 Å². The Kier molecular flexibility index (Phi) is 4.04. The van der Waals surface area contributed by atoms with Crippen molar-refractivity contribution in [3.05, 3.63) is 88.1 Å². The number of thiophene rings is 1. The number of nitrogens with zero attached hydrogens (tertiary/aromatic N) is 1. The van der Waals surface area contributed by atoms with Crippen LogP contribution in [0.4, 0.5) is 0 Å². The number of imide groups is 1. The molecule has 0 spiro atoms. The van der Waals surface area contributed by atoms with Crippen molar-refractivity contribution in [1.82, 2.24) is 4.90 Å². The summed E-state index contributed by atoms with van der Waals surface area (Å²) in [6.45, 7) is 0.273. The van der Waals surface area contributed by atoms with Gasteiger partial charge in [0.05, 0.1) is 11.1 Å². The van der Waals surface area contributed by atoms with Crippen molar-refractivity contribution in [2.24, 2.45) is 0 Å². The van der Waals surface area contributed by atoms with E-state index in [2.05, 4.69) is 29.0 Å². The smallest absolute Gasteiger partial charge is 0.261 e. The number of benzene rings is 2. The minimum Gasteiger partial charge on any atom is -0.270 e. The monoisotopic (exact) mass is 345 g/mol. The molecule has 0 saturated heterocycles. The van der Waals surface area contributed by atoms with Gasteiger partial charge < -0.3 is 0 Å². The third-order valence-electron chi connectivity index (χ3n) is 4.22. The zero-order valence-electron chi connectivity index (χ0n) is 13.4. The summed E-state index contributed by atoms with van der Waals surface area (Å²) in [6, 6.07) is 17.2. The van der Waals surface area contributed by atoms with Crippen molar-refractivity contribution in [3.63, 3.8) is 0 Å². The average Bonchev–Trinajstić information content (AvgIpc) is 3.26. The van der Waals surface area contributed by atoms with Crippen LogP contribution >= 0.6 is 11.3 Å². The van der Waals surface area contributed by atoms with Gasteiger partial charge in [-0.3, -0.25) is 14.5 Å². The van der Waals surface area contributed by atoms with Gasteiger partial charge in [-0.05, 0) is 51.7 Å². The molecule has 0 radical (unpaired) electrons. The lowest BCUT2D eigenvalue weighted by atomic mass is 10.1. The summed E-state index contributed by atoms with van der Waals surface area (Å²) in [5, 5.41) is 4.17. The maximum atomic E-state index is 12.3. The number of carbonyl (C=O) groups is 2. The molecule has 4 heteroatoms. The van der Waals surface area contributed by atoms with Gasteiger partial charge in [-0.2, -0.15) is 11.3 Å². The van der Waals surface area contributed by atoms with Gasteiger partial charge in [-0.1, -0.05) is 42.5 Å². The zero-order valence-corrected chi connectivity index (χ0v) is 14.2. The van der Waals surface area contributed by atoms with E-state index in [-0.39, 0.29) is 18.4 Å². The Hall–Kier alpha value is -2.98. The number of rotatable bonds is 4. The summed E-state index contributed by atoms with van der Waals surface area (Å²) in [7, 11) is 0. The largest absolute Gasteiger partial charge is 0.270 e. The van der Waals surface area contributed by atoms with E-state index in [1.807, 2.05) is 24.3 Å². The van der Waals surface area contributed by atoms with Crippen molar-refractivity contribution in [2.75, 3.05) is 6.54 Å². The van der Waals surface area contributed by atoms with Crippen molar-refractivity contribution in [1.29, 1.82) is 0 Å². The van der Waals surface area contributed by atoms with Crippen LogP contribution in [0.5, 0.6) is 0 Å². The molecule has 0 N–H and O–H groups in total. The van der Waals surface area contributed by atoms with Crippen molar-refractivity contribution in [2.45, 2.75) is 0 Å². The first-order valence-electron chi connectivity index (χ1n) is 7.98. The Balaban J connectivity index is 1.50. The van der Waals surface area contributed by atoms with E-state index in [9.17, 15) is 9.59 Å². The maximum Gasteiger partial charge on any atom is 0.261 e. The molecule has 1 aromatic heterocycles. The Morgan fingerprint density at radius 2 is 1.64 bits per heavy atom. The quantitative estimate of drug-likeness (QED) is 0.641. The van der Waals surface area contributed by atoms with Crippen molar-refractivity contribution in [3.8, 4) is 11.1 Å². The Bertz CT molecular complexity index is 938. The first-order valence-corrected chi connectivity index (χ1v) is 8.93. The molecule has 0 atom stereocenters. The molecule has 0 aliphatic carbocycles. The van der Waals surface area contributed by atoms with Crippen LogP contribution in [-0.2, 0) is 0 Å². The molecule has 122 valence electrons. The second-order valence-electron chi connectivity index (χ2n) is 5.81. The Morgan fingerprint density at radius 3 is 2.32 bits per heavy atom. The lowest BCUT2D eigenvalue weighted by Gasteiger charge is -2.10. The van der Waals surface area contributed by atoms with E-state index >= 15 is 0 Å². The number of hydrogen-bond donors (Lipinski definition) is 0. The molecule has 1 aliphatic heterocycles. The highest BCUT2D eigenvalue weighted by molar-refractivity contribution is 7.08. The van der Waals surface area contributed by atoms with E-state index in [0.29, 0.717) is 11.1 Å². The first kappa shape index (κ1) is 15.5. The van der Waals surface area contributed by atoms with Gasteiger partial charge in [0.2, 0.25) is 0 Å². The van der Waals surface area contributed by atoms with Crippen molar-refractivity contribution >= 4 is 29.2 Å². The van der Waals surface area contributed by atoms with Gasteiger partial charge >= 0.3 is 0 Å². The highest BCUT2D eigenvalue weighted by Crippen LogP contribution is 2.24. The molecule has 3 aromatic rings. The molecule has 2 amide bonds. The molecule has 4 rings (SSSR count). The predicted octanol–water partition coefficient (Wildman–Crippen LogP) is 4.72. The van der Waals surface area contributed by atoms with E-state index in [0.717, 1.165) is 11.1 Å². The summed E-state index contributed by atoms with van der Waals surface area (Å²) in [5.74, 6) is -0.449. The summed E-state index contributed by atoms with van der Waals surface area (Å²) >= 11 is 1.67. The topological polar surface area (TPSA) is 37.4 Å². The molecule has 1 aliphatic rings. The van der Waals surface area contributed by atoms with Crippen LogP contribution in [-0.4, -0.2) is 23.3 Å². The van der Waals surface area contributed by atoms with Crippen molar-refractivity contribution < 1.29 is 9.59 Å². The predicted molar refractivity (Wildman–Crippen MR) is 101 cm³/mol. The average molecular weight is 345 g/mol. The standard InChI is InChI=1S/C21H15NO2S/c23-20-18-8-1-2-9-19(18)21(24)22(20)11-4-6-15-5-3-7-16(13-15)17-10-12-25-14-17/h1-10,12-14H,11H2/b6-4+. The molecular formula is C21H15NO2S. The summed E-state index contributed by atoms with van der Waals surface area (Å²) in [6.07, 6.45) is 3.80. The molecule has 0 bridgehead atoms. The number of amides is 2. The van der Waals surface area contributed by atoms with E-state index < -0.39 is 0 Å². The summed E-state index contributed by atoms with van der Waals surface area (Å²) in [5.41, 5.74) is 4.37. The van der Waals surface area contributed by atoms with Gasteiger partial charge in [0, 0.05) is 6.54 Å². The third-order valence-corrected chi connectivity index (χ3v) is 4.90. The molecule has 2 heterocycles. The van der Waals surface area contributed by atoms with Gasteiger partial charge in [0.1, 0.15) is 0 Å². The van der Waals surface area contributed by atoms with E-state index in [1.54, 1.807) is 35.6 Å². The zero-order chi connectivity index (χ0) is 17.2. The number of fused-ring (bicyclic) bond motifs is 1. The lowest BCUT2D eigenvalue weighted by Crippen LogP contribution is -2.29. The molecule has 0 saturated carbocycles. The van der Waals surface area contributed by atoms with Crippen LogP contribution in [0.1, 0.15) is 26.3 Å². The van der Waals surface area contributed by atoms with Gasteiger partial charge in [-0.25, -0.2) is 0 Å². The van der Waals surface area contributed by atoms with Gasteiger partial charge in [0.15, 0.2) is 0 Å². The van der Waals surface area contributed by atoms with E-state index in [1.165, 1.54) is 10.5 Å². The summed E-state index contributed by atoms with van der Waals surface area (Å²) in [4.78, 5) is 25.9.